The van der Waals surface area contributed by atoms with Crippen molar-refractivity contribution in [3.05, 3.63) is 102 Å². The second-order valence-electron chi connectivity index (χ2n) is 7.90. The minimum absolute atomic E-state index is 0.0698. The van der Waals surface area contributed by atoms with Crippen LogP contribution in [0.5, 0.6) is 0 Å². The highest BCUT2D eigenvalue weighted by Gasteiger charge is 2.40. The Labute approximate surface area is 221 Å². The number of carbonyl (C=O) groups excluding carboxylic acids is 2. The van der Waals surface area contributed by atoms with E-state index in [2.05, 4.69) is 25.5 Å². The van der Waals surface area contributed by atoms with Crippen LogP contribution in [-0.2, 0) is 15.3 Å². The number of anilines is 3. The van der Waals surface area contributed by atoms with Gasteiger partial charge >= 0.3 is 0 Å². The number of amides is 2. The van der Waals surface area contributed by atoms with Crippen molar-refractivity contribution in [3.63, 3.8) is 0 Å². The van der Waals surface area contributed by atoms with Gasteiger partial charge in [0.25, 0.3) is 0 Å². The zero-order valence-corrected chi connectivity index (χ0v) is 21.1. The van der Waals surface area contributed by atoms with Crippen molar-refractivity contribution in [1.82, 2.24) is 9.97 Å². The summed E-state index contributed by atoms with van der Waals surface area (Å²) in [4.78, 5) is 40.8. The summed E-state index contributed by atoms with van der Waals surface area (Å²) in [5, 5.41) is 14.1. The summed E-state index contributed by atoms with van der Waals surface area (Å²) in [6.45, 7) is 0. The van der Waals surface area contributed by atoms with Crippen molar-refractivity contribution in [2.24, 2.45) is 15.2 Å². The highest BCUT2D eigenvalue weighted by molar-refractivity contribution is 8.14. The van der Waals surface area contributed by atoms with Gasteiger partial charge in [0.05, 0.1) is 12.2 Å². The number of aromatic nitrogens is 2. The van der Waals surface area contributed by atoms with Gasteiger partial charge in [0.1, 0.15) is 0 Å². The largest absolute Gasteiger partial charge is 0.301 e. The lowest BCUT2D eigenvalue weighted by Crippen LogP contribution is -2.33. The molecule has 4 aromatic rings. The lowest BCUT2D eigenvalue weighted by Gasteiger charge is -2.27. The highest BCUT2D eigenvalue weighted by Crippen LogP contribution is 2.39. The lowest BCUT2D eigenvalue weighted by molar-refractivity contribution is -0.119. The molecule has 184 valence electrons. The van der Waals surface area contributed by atoms with E-state index in [-0.39, 0.29) is 24.0 Å². The molecule has 37 heavy (non-hydrogen) atoms. The number of thiazole rings is 1. The molecule has 1 N–H and O–H groups in total. The number of hydrogen-bond acceptors (Lipinski definition) is 9. The van der Waals surface area contributed by atoms with E-state index < -0.39 is 5.66 Å². The molecular weight excluding hydrogens is 506 g/mol. The number of amidine groups is 1. The van der Waals surface area contributed by atoms with Crippen LogP contribution >= 0.6 is 23.1 Å². The molecule has 0 fully saturated rings. The second kappa shape index (κ2) is 11.2. The Morgan fingerprint density at radius 3 is 2.22 bits per heavy atom. The van der Waals surface area contributed by atoms with Crippen molar-refractivity contribution >= 4 is 56.6 Å². The van der Waals surface area contributed by atoms with E-state index in [9.17, 15) is 9.59 Å². The van der Waals surface area contributed by atoms with Gasteiger partial charge in [0.2, 0.25) is 22.6 Å². The normalized spacial score (nSPS) is 16.3. The fourth-order valence-electron chi connectivity index (χ4n) is 3.76. The van der Waals surface area contributed by atoms with Crippen LogP contribution in [0.25, 0.3) is 0 Å². The molecule has 1 aliphatic rings. The predicted octanol–water partition coefficient (Wildman–Crippen LogP) is 5.64. The molecule has 9 nitrogen and oxygen atoms in total. The van der Waals surface area contributed by atoms with Gasteiger partial charge in [-0.15, -0.1) is 16.5 Å². The van der Waals surface area contributed by atoms with Crippen molar-refractivity contribution in [1.29, 1.82) is 0 Å². The SMILES string of the molecule is O=C(CSC1=NC(CC(=O)N(c2ccccc2)c2ccccc2)(c2ccncc2)N=N1)Nc1nccs1. The summed E-state index contributed by atoms with van der Waals surface area (Å²) in [5.74, 6) is -0.350. The van der Waals surface area contributed by atoms with E-state index in [0.717, 1.165) is 23.1 Å². The Hall–Kier alpha value is -4.22. The third-order valence-corrected chi connectivity index (χ3v) is 6.94. The number of carbonyl (C=O) groups is 2. The maximum atomic E-state index is 13.9. The standard InChI is InChI=1S/C26H21N7O2S2/c34-22(29-24-28-15-16-36-24)18-37-25-30-26(32-31-25,19-11-13-27-14-12-19)17-23(35)33(20-7-3-1-4-8-20)21-9-5-2-6-10-21/h1-16H,17-18H2,(H,28,29,34). The van der Waals surface area contributed by atoms with Crippen LogP contribution in [0.3, 0.4) is 0 Å². The van der Waals surface area contributed by atoms with E-state index in [1.807, 2.05) is 60.7 Å². The number of rotatable bonds is 8. The Morgan fingerprint density at radius 2 is 1.59 bits per heavy atom. The summed E-state index contributed by atoms with van der Waals surface area (Å²) in [6, 6.07) is 22.4. The molecule has 3 heterocycles. The number of pyridine rings is 1. The predicted molar refractivity (Wildman–Crippen MR) is 146 cm³/mol. The fourth-order valence-corrected chi connectivity index (χ4v) is 4.95. The minimum Gasteiger partial charge on any atom is -0.301 e. The molecule has 1 unspecified atom stereocenters. The van der Waals surface area contributed by atoms with Gasteiger partial charge < -0.3 is 5.32 Å². The van der Waals surface area contributed by atoms with Crippen molar-refractivity contribution in [3.8, 4) is 0 Å². The zero-order chi connectivity index (χ0) is 25.5. The molecule has 5 rings (SSSR count). The fraction of sp³-hybridized carbons (Fsp3) is 0.115. The number of thioether (sulfide) groups is 1. The third kappa shape index (κ3) is 5.79. The third-order valence-electron chi connectivity index (χ3n) is 5.41. The Kier molecular flexibility index (Phi) is 7.43. The van der Waals surface area contributed by atoms with Gasteiger partial charge in [-0.3, -0.25) is 19.5 Å². The van der Waals surface area contributed by atoms with Gasteiger partial charge in [0.15, 0.2) is 5.13 Å². The monoisotopic (exact) mass is 527 g/mol. The molecule has 1 atom stereocenters. The van der Waals surface area contributed by atoms with Crippen molar-refractivity contribution in [2.75, 3.05) is 16.0 Å². The molecule has 0 aliphatic carbocycles. The Bertz CT molecular complexity index is 1380. The van der Waals surface area contributed by atoms with E-state index in [1.54, 1.807) is 41.0 Å². The number of hydrogen-bond donors (Lipinski definition) is 1. The van der Waals surface area contributed by atoms with Crippen LogP contribution in [0.15, 0.2) is 112 Å². The molecule has 0 spiro atoms. The molecular formula is C26H21N7O2S2. The Balaban J connectivity index is 1.41. The van der Waals surface area contributed by atoms with Gasteiger partial charge in [-0.1, -0.05) is 48.2 Å². The van der Waals surface area contributed by atoms with Crippen LogP contribution < -0.4 is 10.2 Å². The second-order valence-corrected chi connectivity index (χ2v) is 9.74. The van der Waals surface area contributed by atoms with E-state index in [1.165, 1.54) is 11.3 Å². The van der Waals surface area contributed by atoms with Gasteiger partial charge in [-0.2, -0.15) is 5.11 Å². The average molecular weight is 528 g/mol. The summed E-state index contributed by atoms with van der Waals surface area (Å²) in [6.07, 6.45) is 4.81. The number of para-hydroxylation sites is 2. The first-order valence-corrected chi connectivity index (χ1v) is 13.2. The maximum Gasteiger partial charge on any atom is 0.236 e. The van der Waals surface area contributed by atoms with Crippen molar-refractivity contribution in [2.45, 2.75) is 12.1 Å². The first kappa shape index (κ1) is 24.5. The summed E-state index contributed by atoms with van der Waals surface area (Å²) >= 11 is 2.49. The number of azo groups is 1. The van der Waals surface area contributed by atoms with Crippen LogP contribution in [0.1, 0.15) is 12.0 Å². The summed E-state index contributed by atoms with van der Waals surface area (Å²) in [5.41, 5.74) is 0.881. The molecule has 1 aliphatic heterocycles. The molecule has 2 amide bonds. The molecule has 0 saturated carbocycles. The minimum atomic E-state index is -1.27. The van der Waals surface area contributed by atoms with Gasteiger partial charge in [-0.25, -0.2) is 9.98 Å². The first-order valence-electron chi connectivity index (χ1n) is 11.3. The number of nitrogens with zero attached hydrogens (tertiary/aromatic N) is 6. The number of benzene rings is 2. The van der Waals surface area contributed by atoms with Crippen molar-refractivity contribution < 1.29 is 9.59 Å². The number of nitrogens with one attached hydrogen (secondary N) is 1. The van der Waals surface area contributed by atoms with Crippen LogP contribution in [0, 0.1) is 0 Å². The van der Waals surface area contributed by atoms with Crippen LogP contribution in [0.2, 0.25) is 0 Å². The van der Waals surface area contributed by atoms with E-state index in [4.69, 9.17) is 4.99 Å². The van der Waals surface area contributed by atoms with E-state index in [0.29, 0.717) is 15.9 Å². The van der Waals surface area contributed by atoms with Crippen LogP contribution in [-0.4, -0.2) is 32.7 Å². The van der Waals surface area contributed by atoms with Gasteiger partial charge in [-0.05, 0) is 36.4 Å². The zero-order valence-electron chi connectivity index (χ0n) is 19.5. The lowest BCUT2D eigenvalue weighted by atomic mass is 9.97. The average Bonchev–Trinajstić information content (AvgIpc) is 3.60. The highest BCUT2D eigenvalue weighted by atomic mass is 32.2. The molecule has 2 aromatic heterocycles. The molecule has 0 saturated heterocycles. The molecule has 0 bridgehead atoms. The van der Waals surface area contributed by atoms with Crippen LogP contribution in [0.4, 0.5) is 16.5 Å². The maximum absolute atomic E-state index is 13.9. The number of aliphatic imine (C=N–C) groups is 1. The van der Waals surface area contributed by atoms with E-state index >= 15 is 0 Å². The topological polar surface area (TPSA) is 112 Å². The molecule has 11 heteroatoms. The molecule has 0 radical (unpaired) electrons. The summed E-state index contributed by atoms with van der Waals surface area (Å²) in [7, 11) is 0. The Morgan fingerprint density at radius 1 is 0.919 bits per heavy atom. The smallest absolute Gasteiger partial charge is 0.236 e. The van der Waals surface area contributed by atoms with Gasteiger partial charge in [0, 0.05) is 40.9 Å². The quantitative estimate of drug-likeness (QED) is 0.319. The molecule has 2 aromatic carbocycles. The summed E-state index contributed by atoms with van der Waals surface area (Å²) < 4.78 is 0. The first-order chi connectivity index (χ1) is 18.1.